The molecule has 0 bridgehead atoms. The fourth-order valence-corrected chi connectivity index (χ4v) is 2.08. The highest BCUT2D eigenvalue weighted by molar-refractivity contribution is 5.27. The van der Waals surface area contributed by atoms with Crippen molar-refractivity contribution >= 4 is 0 Å². The second kappa shape index (κ2) is 7.64. The molecule has 0 aliphatic rings. The predicted molar refractivity (Wildman–Crippen MR) is 84.6 cm³/mol. The molecule has 0 radical (unpaired) electrons. The molecule has 1 aromatic heterocycles. The van der Waals surface area contributed by atoms with Crippen LogP contribution >= 0.6 is 0 Å². The Bertz CT molecular complexity index is 605. The minimum Gasteiger partial charge on any atom is -0.492 e. The van der Waals surface area contributed by atoms with Gasteiger partial charge in [-0.2, -0.15) is 0 Å². The van der Waals surface area contributed by atoms with Crippen LogP contribution in [0.2, 0.25) is 0 Å². The first-order valence-corrected chi connectivity index (χ1v) is 7.32. The van der Waals surface area contributed by atoms with Crippen molar-refractivity contribution in [2.24, 2.45) is 5.73 Å². The van der Waals surface area contributed by atoms with E-state index in [1.54, 1.807) is 22.9 Å². The van der Waals surface area contributed by atoms with Crippen LogP contribution in [-0.4, -0.2) is 17.2 Å². The summed E-state index contributed by atoms with van der Waals surface area (Å²) < 4.78 is 7.29. The number of aromatic nitrogens is 1. The molecule has 0 fully saturated rings. The number of nitrogens with zero attached hydrogens (tertiary/aromatic N) is 1. The SMILES string of the molecule is CCC(N)Cc1ccc(OCCn2ccccc2=O)cc1. The summed E-state index contributed by atoms with van der Waals surface area (Å²) in [5.41, 5.74) is 7.15. The molecule has 0 spiro atoms. The highest BCUT2D eigenvalue weighted by atomic mass is 16.5. The molecule has 2 rings (SSSR count). The molecule has 21 heavy (non-hydrogen) atoms. The fraction of sp³-hybridized carbons (Fsp3) is 0.353. The average molecular weight is 286 g/mol. The Hall–Kier alpha value is -2.07. The van der Waals surface area contributed by atoms with Crippen LogP contribution in [0.5, 0.6) is 5.75 Å². The summed E-state index contributed by atoms with van der Waals surface area (Å²) in [6.45, 7) is 3.10. The quantitative estimate of drug-likeness (QED) is 0.849. The molecule has 4 heteroatoms. The number of benzene rings is 1. The third kappa shape index (κ3) is 4.76. The van der Waals surface area contributed by atoms with E-state index in [0.717, 1.165) is 18.6 Å². The van der Waals surface area contributed by atoms with Gasteiger partial charge in [-0.25, -0.2) is 0 Å². The molecule has 2 N–H and O–H groups in total. The minimum atomic E-state index is -0.00926. The summed E-state index contributed by atoms with van der Waals surface area (Å²) in [7, 11) is 0. The lowest BCUT2D eigenvalue weighted by Gasteiger charge is -2.10. The Morgan fingerprint density at radius 3 is 2.62 bits per heavy atom. The Labute approximate surface area is 125 Å². The first-order chi connectivity index (χ1) is 10.2. The predicted octanol–water partition coefficient (Wildman–Crippen LogP) is 2.21. The third-order valence-corrected chi connectivity index (χ3v) is 3.45. The minimum absolute atomic E-state index is 0.00926. The second-order valence-corrected chi connectivity index (χ2v) is 5.10. The summed E-state index contributed by atoms with van der Waals surface area (Å²) >= 11 is 0. The van der Waals surface area contributed by atoms with Gasteiger partial charge >= 0.3 is 0 Å². The van der Waals surface area contributed by atoms with Gasteiger partial charge in [0, 0.05) is 18.3 Å². The number of ether oxygens (including phenoxy) is 1. The van der Waals surface area contributed by atoms with E-state index in [4.69, 9.17) is 10.5 Å². The van der Waals surface area contributed by atoms with Gasteiger partial charge in [0.05, 0.1) is 6.54 Å². The molecule has 0 aliphatic heterocycles. The van der Waals surface area contributed by atoms with E-state index in [0.29, 0.717) is 13.2 Å². The Balaban J connectivity index is 1.84. The topological polar surface area (TPSA) is 57.2 Å². The highest BCUT2D eigenvalue weighted by Crippen LogP contribution is 2.13. The molecule has 1 unspecified atom stereocenters. The molecule has 1 aromatic carbocycles. The normalized spacial score (nSPS) is 12.1. The zero-order valence-corrected chi connectivity index (χ0v) is 12.4. The number of hydrogen-bond acceptors (Lipinski definition) is 3. The van der Waals surface area contributed by atoms with Crippen LogP contribution < -0.4 is 16.0 Å². The molecule has 0 aliphatic carbocycles. The summed E-state index contributed by atoms with van der Waals surface area (Å²) in [4.78, 5) is 11.5. The van der Waals surface area contributed by atoms with Gasteiger partial charge in [0.2, 0.25) is 0 Å². The van der Waals surface area contributed by atoms with Crippen molar-refractivity contribution < 1.29 is 4.74 Å². The van der Waals surface area contributed by atoms with Crippen molar-refractivity contribution in [3.8, 4) is 5.75 Å². The summed E-state index contributed by atoms with van der Waals surface area (Å²) in [6, 6.07) is 13.3. The van der Waals surface area contributed by atoms with Crippen molar-refractivity contribution in [3.05, 3.63) is 64.6 Å². The third-order valence-electron chi connectivity index (χ3n) is 3.45. The molecule has 2 aromatic rings. The van der Waals surface area contributed by atoms with E-state index >= 15 is 0 Å². The van der Waals surface area contributed by atoms with E-state index in [2.05, 4.69) is 6.92 Å². The van der Waals surface area contributed by atoms with Crippen LogP contribution in [0.25, 0.3) is 0 Å². The summed E-state index contributed by atoms with van der Waals surface area (Å²) in [6.07, 6.45) is 3.63. The first kappa shape index (κ1) is 15.3. The monoisotopic (exact) mass is 286 g/mol. The van der Waals surface area contributed by atoms with E-state index in [9.17, 15) is 4.79 Å². The molecule has 4 nitrogen and oxygen atoms in total. The zero-order chi connectivity index (χ0) is 15.1. The van der Waals surface area contributed by atoms with Crippen LogP contribution in [0.15, 0.2) is 53.5 Å². The Morgan fingerprint density at radius 1 is 1.19 bits per heavy atom. The molecule has 0 saturated heterocycles. The zero-order valence-electron chi connectivity index (χ0n) is 12.4. The van der Waals surface area contributed by atoms with E-state index in [-0.39, 0.29) is 11.6 Å². The van der Waals surface area contributed by atoms with Crippen LogP contribution in [-0.2, 0) is 13.0 Å². The van der Waals surface area contributed by atoms with Crippen molar-refractivity contribution in [2.45, 2.75) is 32.4 Å². The van der Waals surface area contributed by atoms with Crippen molar-refractivity contribution in [2.75, 3.05) is 6.61 Å². The average Bonchev–Trinajstić information content (AvgIpc) is 2.51. The van der Waals surface area contributed by atoms with Crippen LogP contribution in [0, 0.1) is 0 Å². The lowest BCUT2D eigenvalue weighted by molar-refractivity contribution is 0.296. The molecular weight excluding hydrogens is 264 g/mol. The summed E-state index contributed by atoms with van der Waals surface area (Å²) in [5.74, 6) is 0.813. The maximum absolute atomic E-state index is 11.5. The number of rotatable bonds is 7. The van der Waals surface area contributed by atoms with Crippen LogP contribution in [0.3, 0.4) is 0 Å². The lowest BCUT2D eigenvalue weighted by Crippen LogP contribution is -2.21. The van der Waals surface area contributed by atoms with Crippen molar-refractivity contribution in [1.82, 2.24) is 4.57 Å². The van der Waals surface area contributed by atoms with Gasteiger partial charge in [-0.1, -0.05) is 25.1 Å². The van der Waals surface area contributed by atoms with Crippen molar-refractivity contribution in [3.63, 3.8) is 0 Å². The molecule has 0 saturated carbocycles. The molecule has 0 amide bonds. The summed E-state index contributed by atoms with van der Waals surface area (Å²) in [5, 5.41) is 0. The maximum Gasteiger partial charge on any atom is 0.250 e. The highest BCUT2D eigenvalue weighted by Gasteiger charge is 2.02. The first-order valence-electron chi connectivity index (χ1n) is 7.32. The van der Waals surface area contributed by atoms with Gasteiger partial charge in [0.1, 0.15) is 12.4 Å². The van der Waals surface area contributed by atoms with Gasteiger partial charge in [0.25, 0.3) is 5.56 Å². The van der Waals surface area contributed by atoms with E-state index in [1.165, 1.54) is 5.56 Å². The standard InChI is InChI=1S/C17H22N2O2/c1-2-15(18)13-14-6-8-16(9-7-14)21-12-11-19-10-4-3-5-17(19)20/h3-10,15H,2,11-13,18H2,1H3. The molecule has 1 heterocycles. The number of nitrogens with two attached hydrogens (primary N) is 1. The number of pyridine rings is 1. The molecule has 112 valence electrons. The second-order valence-electron chi connectivity index (χ2n) is 5.10. The van der Waals surface area contributed by atoms with Gasteiger partial charge < -0.3 is 15.0 Å². The lowest BCUT2D eigenvalue weighted by atomic mass is 10.0. The van der Waals surface area contributed by atoms with Gasteiger partial charge in [-0.15, -0.1) is 0 Å². The fourth-order valence-electron chi connectivity index (χ4n) is 2.08. The smallest absolute Gasteiger partial charge is 0.250 e. The Morgan fingerprint density at radius 2 is 1.95 bits per heavy atom. The van der Waals surface area contributed by atoms with Gasteiger partial charge in [-0.3, -0.25) is 4.79 Å². The van der Waals surface area contributed by atoms with Crippen LogP contribution in [0.1, 0.15) is 18.9 Å². The largest absolute Gasteiger partial charge is 0.492 e. The van der Waals surface area contributed by atoms with E-state index < -0.39 is 0 Å². The Kier molecular flexibility index (Phi) is 5.58. The molecular formula is C17H22N2O2. The van der Waals surface area contributed by atoms with Crippen molar-refractivity contribution in [1.29, 1.82) is 0 Å². The number of hydrogen-bond donors (Lipinski definition) is 1. The van der Waals surface area contributed by atoms with Gasteiger partial charge in [-0.05, 0) is 36.6 Å². The van der Waals surface area contributed by atoms with Gasteiger partial charge in [0.15, 0.2) is 0 Å². The molecule has 1 atom stereocenters. The van der Waals surface area contributed by atoms with Crippen LogP contribution in [0.4, 0.5) is 0 Å². The van der Waals surface area contributed by atoms with E-state index in [1.807, 2.05) is 30.3 Å². The maximum atomic E-state index is 11.5.